The standard InChI is InChI=1S/C18H35N7O3S/c1-5-17-22-21-15-24(17)8-7-20-18(19-6-2)23-9-11-25(12-10-23)29(26,27)14-13-28-16(3)4/h15-16H,5-14H2,1-4H3,(H,19,20). The van der Waals surface area contributed by atoms with Crippen LogP contribution in [-0.2, 0) is 27.7 Å². The third-order valence-electron chi connectivity index (χ3n) is 4.67. The highest BCUT2D eigenvalue weighted by Crippen LogP contribution is 2.09. The fourth-order valence-corrected chi connectivity index (χ4v) is 4.41. The van der Waals surface area contributed by atoms with Gasteiger partial charge in [0, 0.05) is 45.7 Å². The van der Waals surface area contributed by atoms with E-state index in [1.54, 1.807) is 10.6 Å². The fourth-order valence-electron chi connectivity index (χ4n) is 3.13. The maximum Gasteiger partial charge on any atom is 0.216 e. The van der Waals surface area contributed by atoms with Gasteiger partial charge in [-0.25, -0.2) is 8.42 Å². The summed E-state index contributed by atoms with van der Waals surface area (Å²) in [7, 11) is -3.29. The van der Waals surface area contributed by atoms with E-state index in [9.17, 15) is 8.42 Å². The molecule has 2 heterocycles. The number of nitrogens with one attached hydrogen (secondary N) is 1. The number of ether oxygens (including phenoxy) is 1. The highest BCUT2D eigenvalue weighted by Gasteiger charge is 2.28. The SMILES string of the molecule is CCNC(=NCCn1cnnc1CC)N1CCN(S(=O)(=O)CCOC(C)C)CC1. The van der Waals surface area contributed by atoms with Crippen molar-refractivity contribution in [1.82, 2.24) is 29.3 Å². The summed E-state index contributed by atoms with van der Waals surface area (Å²) in [5, 5.41) is 11.3. The molecule has 0 aromatic carbocycles. The van der Waals surface area contributed by atoms with Gasteiger partial charge in [0.25, 0.3) is 0 Å². The van der Waals surface area contributed by atoms with E-state index in [0.29, 0.717) is 32.7 Å². The number of nitrogens with zero attached hydrogens (tertiary/aromatic N) is 6. The molecular weight excluding hydrogens is 394 g/mol. The Kier molecular flexibility index (Phi) is 9.31. The summed E-state index contributed by atoms with van der Waals surface area (Å²) < 4.78 is 34.0. The van der Waals surface area contributed by atoms with E-state index in [2.05, 4.69) is 27.3 Å². The predicted molar refractivity (Wildman–Crippen MR) is 113 cm³/mol. The number of rotatable bonds is 10. The zero-order chi connectivity index (χ0) is 21.3. The lowest BCUT2D eigenvalue weighted by atomic mass is 10.4. The molecule has 0 bridgehead atoms. The van der Waals surface area contributed by atoms with Gasteiger partial charge in [0.05, 0.1) is 25.0 Å². The van der Waals surface area contributed by atoms with Crippen LogP contribution in [0.4, 0.5) is 0 Å². The van der Waals surface area contributed by atoms with Gasteiger partial charge in [-0.15, -0.1) is 10.2 Å². The van der Waals surface area contributed by atoms with Gasteiger partial charge in [-0.1, -0.05) is 6.92 Å². The molecule has 0 spiro atoms. The van der Waals surface area contributed by atoms with E-state index in [-0.39, 0.29) is 18.5 Å². The number of aryl methyl sites for hydroxylation is 1. The Morgan fingerprint density at radius 3 is 2.62 bits per heavy atom. The van der Waals surface area contributed by atoms with E-state index in [0.717, 1.165) is 31.3 Å². The molecule has 1 aliphatic heterocycles. The van der Waals surface area contributed by atoms with Crippen molar-refractivity contribution in [2.24, 2.45) is 4.99 Å². The van der Waals surface area contributed by atoms with Crippen LogP contribution >= 0.6 is 0 Å². The monoisotopic (exact) mass is 429 g/mol. The van der Waals surface area contributed by atoms with Crippen LogP contribution in [0.15, 0.2) is 11.3 Å². The first-order valence-corrected chi connectivity index (χ1v) is 12.0. The van der Waals surface area contributed by atoms with Crippen molar-refractivity contribution in [2.75, 3.05) is 51.6 Å². The molecule has 29 heavy (non-hydrogen) atoms. The minimum atomic E-state index is -3.29. The van der Waals surface area contributed by atoms with Crippen LogP contribution < -0.4 is 5.32 Å². The number of aliphatic imine (C=N–C) groups is 1. The predicted octanol–water partition coefficient (Wildman–Crippen LogP) is 0.178. The Labute approximate surface area is 174 Å². The molecule has 0 unspecified atom stereocenters. The molecule has 1 fully saturated rings. The van der Waals surface area contributed by atoms with Crippen LogP contribution in [0, 0.1) is 0 Å². The van der Waals surface area contributed by atoms with Crippen LogP contribution in [0.1, 0.15) is 33.5 Å². The number of guanidine groups is 1. The van der Waals surface area contributed by atoms with Crippen molar-refractivity contribution >= 4 is 16.0 Å². The zero-order valence-corrected chi connectivity index (χ0v) is 18.9. The molecule has 1 aromatic heterocycles. The van der Waals surface area contributed by atoms with Crippen LogP contribution in [0.2, 0.25) is 0 Å². The Morgan fingerprint density at radius 1 is 1.28 bits per heavy atom. The molecular formula is C18H35N7O3S. The number of piperazine rings is 1. The summed E-state index contributed by atoms with van der Waals surface area (Å²) in [6.45, 7) is 12.3. The number of hydrogen-bond acceptors (Lipinski definition) is 6. The van der Waals surface area contributed by atoms with Crippen molar-refractivity contribution in [2.45, 2.75) is 46.8 Å². The maximum absolute atomic E-state index is 12.5. The first-order valence-electron chi connectivity index (χ1n) is 10.4. The minimum absolute atomic E-state index is 0.0258. The highest BCUT2D eigenvalue weighted by atomic mass is 32.2. The normalized spacial score (nSPS) is 16.6. The summed E-state index contributed by atoms with van der Waals surface area (Å²) in [6, 6.07) is 0. The lowest BCUT2D eigenvalue weighted by Gasteiger charge is -2.36. The molecule has 2 rings (SSSR count). The Hall–Kier alpha value is -1.72. The Morgan fingerprint density at radius 2 is 2.00 bits per heavy atom. The molecule has 0 radical (unpaired) electrons. The topological polar surface area (TPSA) is 105 Å². The van der Waals surface area contributed by atoms with E-state index >= 15 is 0 Å². The van der Waals surface area contributed by atoms with Gasteiger partial charge in [0.15, 0.2) is 5.96 Å². The van der Waals surface area contributed by atoms with E-state index in [1.807, 2.05) is 25.3 Å². The van der Waals surface area contributed by atoms with Gasteiger partial charge >= 0.3 is 0 Å². The molecule has 1 aliphatic rings. The van der Waals surface area contributed by atoms with Gasteiger partial charge in [-0.2, -0.15) is 4.31 Å². The number of sulfonamides is 1. The summed E-state index contributed by atoms with van der Waals surface area (Å²) in [4.78, 5) is 6.83. The van der Waals surface area contributed by atoms with E-state index in [4.69, 9.17) is 9.73 Å². The van der Waals surface area contributed by atoms with Crippen molar-refractivity contribution < 1.29 is 13.2 Å². The maximum atomic E-state index is 12.5. The Bertz CT molecular complexity index is 740. The summed E-state index contributed by atoms with van der Waals surface area (Å²) >= 11 is 0. The molecule has 1 N–H and O–H groups in total. The second-order valence-electron chi connectivity index (χ2n) is 7.15. The van der Waals surface area contributed by atoms with Gasteiger partial charge < -0.3 is 19.5 Å². The van der Waals surface area contributed by atoms with Crippen molar-refractivity contribution in [1.29, 1.82) is 0 Å². The van der Waals surface area contributed by atoms with Crippen molar-refractivity contribution in [3.05, 3.63) is 12.2 Å². The summed E-state index contributed by atoms with van der Waals surface area (Å²) in [6.07, 6.45) is 2.60. The number of hydrogen-bond donors (Lipinski definition) is 1. The fraction of sp³-hybridized carbons (Fsp3) is 0.833. The molecule has 10 nitrogen and oxygen atoms in total. The average Bonchev–Trinajstić information content (AvgIpc) is 3.14. The molecule has 0 atom stereocenters. The second kappa shape index (κ2) is 11.5. The van der Waals surface area contributed by atoms with Gasteiger partial charge in [0.2, 0.25) is 10.0 Å². The third kappa shape index (κ3) is 7.23. The first kappa shape index (κ1) is 23.6. The van der Waals surface area contributed by atoms with Gasteiger partial charge in [0.1, 0.15) is 12.2 Å². The molecule has 0 amide bonds. The minimum Gasteiger partial charge on any atom is -0.378 e. The number of aromatic nitrogens is 3. The smallest absolute Gasteiger partial charge is 0.216 e. The largest absolute Gasteiger partial charge is 0.378 e. The molecule has 0 saturated carbocycles. The zero-order valence-electron chi connectivity index (χ0n) is 18.0. The summed E-state index contributed by atoms with van der Waals surface area (Å²) in [5.74, 6) is 1.79. The Balaban J connectivity index is 1.88. The quantitative estimate of drug-likeness (QED) is 0.418. The van der Waals surface area contributed by atoms with Gasteiger partial charge in [-0.3, -0.25) is 4.99 Å². The van der Waals surface area contributed by atoms with Crippen molar-refractivity contribution in [3.8, 4) is 0 Å². The first-order chi connectivity index (χ1) is 13.9. The second-order valence-corrected chi connectivity index (χ2v) is 9.24. The van der Waals surface area contributed by atoms with E-state index in [1.165, 1.54) is 0 Å². The molecule has 11 heteroatoms. The van der Waals surface area contributed by atoms with Crippen LogP contribution in [0.3, 0.4) is 0 Å². The molecule has 1 saturated heterocycles. The molecule has 0 aliphatic carbocycles. The van der Waals surface area contributed by atoms with Gasteiger partial charge in [-0.05, 0) is 20.8 Å². The highest BCUT2D eigenvalue weighted by molar-refractivity contribution is 7.89. The van der Waals surface area contributed by atoms with Crippen LogP contribution in [-0.4, -0.2) is 96.1 Å². The average molecular weight is 430 g/mol. The van der Waals surface area contributed by atoms with Crippen LogP contribution in [0.25, 0.3) is 0 Å². The van der Waals surface area contributed by atoms with Crippen molar-refractivity contribution in [3.63, 3.8) is 0 Å². The molecule has 166 valence electrons. The van der Waals surface area contributed by atoms with E-state index < -0.39 is 10.0 Å². The third-order valence-corrected chi connectivity index (χ3v) is 6.51. The lowest BCUT2D eigenvalue weighted by molar-refractivity contribution is 0.0904. The summed E-state index contributed by atoms with van der Waals surface area (Å²) in [5.41, 5.74) is 0. The van der Waals surface area contributed by atoms with Crippen LogP contribution in [0.5, 0.6) is 0 Å². The molecule has 1 aromatic rings. The lowest BCUT2D eigenvalue weighted by Crippen LogP contribution is -2.54.